The number of fused-ring (bicyclic) bond motifs is 1. The minimum atomic E-state index is -1.02. The monoisotopic (exact) mass is 584 g/mol. The van der Waals surface area contributed by atoms with E-state index >= 15 is 4.39 Å². The Morgan fingerprint density at radius 2 is 2.02 bits per heavy atom. The lowest BCUT2D eigenvalue weighted by atomic mass is 10.1. The lowest BCUT2D eigenvalue weighted by Crippen LogP contribution is -2.25. The summed E-state index contributed by atoms with van der Waals surface area (Å²) in [7, 11) is 1.59. The molecule has 0 aliphatic heterocycles. The van der Waals surface area contributed by atoms with E-state index in [1.807, 2.05) is 29.7 Å². The van der Waals surface area contributed by atoms with E-state index in [0.717, 1.165) is 15.5 Å². The molecule has 0 atom stereocenters. The Morgan fingerprint density at radius 1 is 1.17 bits per heavy atom. The van der Waals surface area contributed by atoms with Crippen molar-refractivity contribution in [2.45, 2.75) is 19.9 Å². The second-order valence-electron chi connectivity index (χ2n) is 9.56. The van der Waals surface area contributed by atoms with Crippen molar-refractivity contribution in [1.29, 1.82) is 0 Å². The number of rotatable bonds is 11. The fourth-order valence-corrected chi connectivity index (χ4v) is 5.39. The van der Waals surface area contributed by atoms with Gasteiger partial charge < -0.3 is 19.1 Å². The number of hydrogen-bond donors (Lipinski definition) is 1. The molecule has 10 heteroatoms. The molecule has 0 radical (unpaired) electrons. The van der Waals surface area contributed by atoms with E-state index in [4.69, 9.17) is 9.47 Å². The maximum atomic E-state index is 15.4. The number of imidazole rings is 1. The molecule has 0 aliphatic rings. The van der Waals surface area contributed by atoms with Gasteiger partial charge in [-0.15, -0.1) is 11.3 Å². The number of methoxy groups -OCH3 is 1. The topological polar surface area (TPSA) is 99.4 Å². The molecular formula is C32H29FN4O4S. The number of aromatic carboxylic acids is 1. The molecule has 8 nitrogen and oxygen atoms in total. The van der Waals surface area contributed by atoms with E-state index in [2.05, 4.69) is 21.5 Å². The molecule has 3 aromatic heterocycles. The van der Waals surface area contributed by atoms with Gasteiger partial charge in [-0.25, -0.2) is 24.1 Å². The first kappa shape index (κ1) is 28.8. The summed E-state index contributed by atoms with van der Waals surface area (Å²) in [6, 6.07) is 15.1. The Labute approximate surface area is 245 Å². The summed E-state index contributed by atoms with van der Waals surface area (Å²) in [4.78, 5) is 25.2. The summed E-state index contributed by atoms with van der Waals surface area (Å²) < 4.78 is 29.5. The van der Waals surface area contributed by atoms with Crippen LogP contribution in [0.5, 0.6) is 5.88 Å². The van der Waals surface area contributed by atoms with Crippen molar-refractivity contribution < 1.29 is 23.8 Å². The molecular weight excluding hydrogens is 555 g/mol. The summed E-state index contributed by atoms with van der Waals surface area (Å²) in [6.45, 7) is 6.87. The number of ether oxygens (including phenoxy) is 2. The molecule has 0 fully saturated rings. The van der Waals surface area contributed by atoms with Crippen molar-refractivity contribution in [2.24, 2.45) is 0 Å². The van der Waals surface area contributed by atoms with E-state index in [0.29, 0.717) is 59.3 Å². The first-order valence-corrected chi connectivity index (χ1v) is 14.1. The van der Waals surface area contributed by atoms with Gasteiger partial charge in [-0.3, -0.25) is 0 Å². The number of carboxylic acids is 1. The van der Waals surface area contributed by atoms with E-state index in [-0.39, 0.29) is 12.0 Å². The number of nitrogens with zero attached hydrogens (tertiary/aromatic N) is 4. The molecule has 0 saturated carbocycles. The SMILES string of the molecule is C=C/C=c1/scn/c1=C(/C)COc1cccc(-c2ccc(Cc3nc4ccc(C(=O)O)cc4n3CCOC)c(F)c2)n1. The summed E-state index contributed by atoms with van der Waals surface area (Å²) in [6.07, 6.45) is 3.87. The molecule has 5 aromatic rings. The number of carbonyl (C=O) groups is 1. The minimum absolute atomic E-state index is 0.161. The fourth-order valence-electron chi connectivity index (χ4n) is 4.60. The third kappa shape index (κ3) is 6.29. The van der Waals surface area contributed by atoms with Crippen molar-refractivity contribution >= 4 is 40.0 Å². The van der Waals surface area contributed by atoms with Crippen molar-refractivity contribution in [1.82, 2.24) is 19.5 Å². The van der Waals surface area contributed by atoms with Crippen LogP contribution in [0.25, 0.3) is 33.9 Å². The Morgan fingerprint density at radius 3 is 2.79 bits per heavy atom. The first-order chi connectivity index (χ1) is 20.4. The van der Waals surface area contributed by atoms with Crippen LogP contribution in [0.15, 0.2) is 72.8 Å². The predicted octanol–water partition coefficient (Wildman–Crippen LogP) is 4.85. The molecule has 0 bridgehead atoms. The average Bonchev–Trinajstić information content (AvgIpc) is 3.60. The van der Waals surface area contributed by atoms with Crippen LogP contribution in [0.3, 0.4) is 0 Å². The zero-order chi connectivity index (χ0) is 29.6. The number of pyridine rings is 1. The fraction of sp³-hybridized carbons (Fsp3) is 0.188. The Balaban J connectivity index is 1.38. The predicted molar refractivity (Wildman–Crippen MR) is 162 cm³/mol. The number of benzene rings is 2. The second-order valence-corrected chi connectivity index (χ2v) is 10.4. The standard InChI is InChI=1S/C32H29FN4O4S/c1-4-6-28-31(34-19-42-28)20(2)18-41-30-8-5-7-25(36-30)22-10-9-21(24(33)15-22)17-29-35-26-12-11-23(32(38)39)16-27(26)37(29)13-14-40-3/h4-12,15-16,19H,1,13-14,17-18H2,2-3H3,(H,38,39)/b28-6+,31-20-. The summed E-state index contributed by atoms with van der Waals surface area (Å²) >= 11 is 1.54. The zero-order valence-electron chi connectivity index (χ0n) is 23.2. The van der Waals surface area contributed by atoms with Crippen molar-refractivity contribution in [2.75, 3.05) is 20.3 Å². The van der Waals surface area contributed by atoms with Crippen molar-refractivity contribution in [3.63, 3.8) is 0 Å². The van der Waals surface area contributed by atoms with E-state index in [1.54, 1.807) is 49.0 Å². The lowest BCUT2D eigenvalue weighted by molar-refractivity contribution is 0.0697. The van der Waals surface area contributed by atoms with Gasteiger partial charge in [-0.2, -0.15) is 0 Å². The second kappa shape index (κ2) is 12.9. The van der Waals surface area contributed by atoms with Crippen molar-refractivity contribution in [3.05, 3.63) is 105 Å². The number of allylic oxidation sites excluding steroid dienone is 1. The van der Waals surface area contributed by atoms with Crippen LogP contribution in [-0.2, 0) is 17.7 Å². The van der Waals surface area contributed by atoms with E-state index in [1.165, 1.54) is 23.5 Å². The molecule has 5 rings (SSSR count). The Bertz CT molecular complexity index is 1900. The van der Waals surface area contributed by atoms with Crippen LogP contribution >= 0.6 is 11.3 Å². The highest BCUT2D eigenvalue weighted by molar-refractivity contribution is 7.07. The Hall–Kier alpha value is -4.67. The third-order valence-corrected chi connectivity index (χ3v) is 7.51. The number of carboxylic acid groups (broad SMARTS) is 1. The van der Waals surface area contributed by atoms with Crippen LogP contribution in [0.2, 0.25) is 0 Å². The van der Waals surface area contributed by atoms with Gasteiger partial charge in [0.25, 0.3) is 0 Å². The van der Waals surface area contributed by atoms with Gasteiger partial charge in [0.1, 0.15) is 18.2 Å². The first-order valence-electron chi connectivity index (χ1n) is 13.2. The normalized spacial score (nSPS) is 12.5. The molecule has 214 valence electrons. The van der Waals surface area contributed by atoms with E-state index in [9.17, 15) is 9.90 Å². The van der Waals surface area contributed by atoms with Gasteiger partial charge in [0.2, 0.25) is 5.88 Å². The lowest BCUT2D eigenvalue weighted by Gasteiger charge is -2.11. The average molecular weight is 585 g/mol. The molecule has 0 amide bonds. The summed E-state index contributed by atoms with van der Waals surface area (Å²) in [5, 5.41) is 10.3. The maximum absolute atomic E-state index is 15.4. The molecule has 0 spiro atoms. The van der Waals surface area contributed by atoms with Gasteiger partial charge in [0, 0.05) is 31.7 Å². The quantitative estimate of drug-likeness (QED) is 0.237. The molecule has 1 N–H and O–H groups in total. The van der Waals surface area contributed by atoms with Crippen LogP contribution < -0.4 is 14.6 Å². The number of hydrogen-bond acceptors (Lipinski definition) is 7. The zero-order valence-corrected chi connectivity index (χ0v) is 24.0. The third-order valence-electron chi connectivity index (χ3n) is 6.72. The summed E-state index contributed by atoms with van der Waals surface area (Å²) in [5.74, 6) is -0.374. The number of halogens is 1. The van der Waals surface area contributed by atoms with Crippen LogP contribution in [0, 0.1) is 5.82 Å². The van der Waals surface area contributed by atoms with Gasteiger partial charge in [0.05, 0.1) is 44.3 Å². The number of aromatic nitrogens is 4. The van der Waals surface area contributed by atoms with Crippen LogP contribution in [0.1, 0.15) is 28.7 Å². The van der Waals surface area contributed by atoms with E-state index < -0.39 is 11.8 Å². The molecule has 0 aliphatic carbocycles. The molecule has 42 heavy (non-hydrogen) atoms. The summed E-state index contributed by atoms with van der Waals surface area (Å²) in [5.41, 5.74) is 5.87. The highest BCUT2D eigenvalue weighted by atomic mass is 32.1. The molecule has 2 aromatic carbocycles. The molecule has 0 unspecified atom stereocenters. The van der Waals surface area contributed by atoms with Crippen LogP contribution in [0.4, 0.5) is 4.39 Å². The van der Waals surface area contributed by atoms with Crippen LogP contribution in [-0.4, -0.2) is 50.9 Å². The van der Waals surface area contributed by atoms with Gasteiger partial charge in [-0.1, -0.05) is 30.9 Å². The van der Waals surface area contributed by atoms with Crippen molar-refractivity contribution in [3.8, 4) is 17.1 Å². The largest absolute Gasteiger partial charge is 0.478 e. The molecule has 0 saturated heterocycles. The van der Waals surface area contributed by atoms with Gasteiger partial charge in [-0.05, 0) is 54.5 Å². The maximum Gasteiger partial charge on any atom is 0.335 e. The van der Waals surface area contributed by atoms with Gasteiger partial charge >= 0.3 is 5.97 Å². The minimum Gasteiger partial charge on any atom is -0.478 e. The highest BCUT2D eigenvalue weighted by Gasteiger charge is 2.16. The number of thiazole rings is 1. The Kier molecular flexibility index (Phi) is 8.85. The smallest absolute Gasteiger partial charge is 0.335 e. The van der Waals surface area contributed by atoms with Gasteiger partial charge in [0.15, 0.2) is 0 Å². The highest BCUT2D eigenvalue weighted by Crippen LogP contribution is 2.25. The molecule has 3 heterocycles.